The standard InChI is InChI=1S/C14H13F2NO/c1-10-3-2-4-12(17-10)9-11-5-7-13(8-6-11)18-14(15)16/h2-8,14H,9H2,1H3. The first-order valence-electron chi connectivity index (χ1n) is 5.60. The second kappa shape index (κ2) is 5.58. The lowest BCUT2D eigenvalue weighted by Crippen LogP contribution is -2.01. The molecule has 94 valence electrons. The minimum atomic E-state index is -2.78. The van der Waals surface area contributed by atoms with Gasteiger partial charge in [-0.3, -0.25) is 4.98 Å². The molecule has 0 saturated heterocycles. The van der Waals surface area contributed by atoms with Gasteiger partial charge in [-0.15, -0.1) is 0 Å². The summed E-state index contributed by atoms with van der Waals surface area (Å²) in [5, 5.41) is 0. The van der Waals surface area contributed by atoms with Crippen LogP contribution < -0.4 is 4.74 Å². The SMILES string of the molecule is Cc1cccc(Cc2ccc(OC(F)F)cc2)n1. The molecule has 1 aromatic carbocycles. The highest BCUT2D eigenvalue weighted by Crippen LogP contribution is 2.16. The number of aryl methyl sites for hydroxylation is 1. The maximum absolute atomic E-state index is 12.0. The van der Waals surface area contributed by atoms with Crippen LogP contribution in [0.1, 0.15) is 17.0 Å². The van der Waals surface area contributed by atoms with Crippen molar-refractivity contribution in [1.82, 2.24) is 4.98 Å². The molecule has 2 nitrogen and oxygen atoms in total. The van der Waals surface area contributed by atoms with Crippen LogP contribution in [-0.2, 0) is 6.42 Å². The molecule has 0 bridgehead atoms. The monoisotopic (exact) mass is 249 g/mol. The first kappa shape index (κ1) is 12.5. The van der Waals surface area contributed by atoms with Gasteiger partial charge in [0.05, 0.1) is 0 Å². The van der Waals surface area contributed by atoms with Crippen molar-refractivity contribution >= 4 is 0 Å². The number of rotatable bonds is 4. The van der Waals surface area contributed by atoms with Gasteiger partial charge < -0.3 is 4.74 Å². The molecule has 0 saturated carbocycles. The second-order valence-electron chi connectivity index (χ2n) is 3.97. The molecular formula is C14H13F2NO. The Morgan fingerprint density at radius 1 is 1.11 bits per heavy atom. The topological polar surface area (TPSA) is 22.1 Å². The van der Waals surface area contributed by atoms with Crippen LogP contribution in [0.2, 0.25) is 0 Å². The molecule has 0 amide bonds. The molecule has 2 aromatic rings. The average molecular weight is 249 g/mol. The average Bonchev–Trinajstić information content (AvgIpc) is 2.31. The van der Waals surface area contributed by atoms with Crippen LogP contribution in [0.15, 0.2) is 42.5 Å². The fraction of sp³-hybridized carbons (Fsp3) is 0.214. The number of ether oxygens (including phenoxy) is 1. The highest BCUT2D eigenvalue weighted by atomic mass is 19.3. The van der Waals surface area contributed by atoms with Gasteiger partial charge >= 0.3 is 6.61 Å². The smallest absolute Gasteiger partial charge is 0.387 e. The number of alkyl halides is 2. The van der Waals surface area contributed by atoms with Crippen LogP contribution in [0.5, 0.6) is 5.75 Å². The first-order valence-corrected chi connectivity index (χ1v) is 5.60. The lowest BCUT2D eigenvalue weighted by Gasteiger charge is -2.06. The summed E-state index contributed by atoms with van der Waals surface area (Å²) >= 11 is 0. The van der Waals surface area contributed by atoms with Gasteiger partial charge in [0.25, 0.3) is 0 Å². The van der Waals surface area contributed by atoms with Gasteiger partial charge in [-0.2, -0.15) is 8.78 Å². The van der Waals surface area contributed by atoms with Gasteiger partial charge in [0, 0.05) is 17.8 Å². The summed E-state index contributed by atoms with van der Waals surface area (Å²) in [4.78, 5) is 4.39. The largest absolute Gasteiger partial charge is 0.435 e. The van der Waals surface area contributed by atoms with Crippen molar-refractivity contribution in [2.24, 2.45) is 0 Å². The van der Waals surface area contributed by atoms with E-state index in [1.54, 1.807) is 12.1 Å². The van der Waals surface area contributed by atoms with E-state index in [4.69, 9.17) is 0 Å². The zero-order valence-corrected chi connectivity index (χ0v) is 9.94. The number of halogens is 2. The molecule has 0 aliphatic rings. The van der Waals surface area contributed by atoms with Gasteiger partial charge in [0.1, 0.15) is 5.75 Å². The summed E-state index contributed by atoms with van der Waals surface area (Å²) in [5.41, 5.74) is 2.93. The quantitative estimate of drug-likeness (QED) is 0.826. The van der Waals surface area contributed by atoms with Gasteiger partial charge in [-0.05, 0) is 36.8 Å². The summed E-state index contributed by atoms with van der Waals surface area (Å²) in [6, 6.07) is 12.4. The Morgan fingerprint density at radius 3 is 2.44 bits per heavy atom. The Morgan fingerprint density at radius 2 is 1.83 bits per heavy atom. The summed E-state index contributed by atoms with van der Waals surface area (Å²) in [6.07, 6.45) is 0.677. The van der Waals surface area contributed by atoms with Crippen LogP contribution in [0.25, 0.3) is 0 Å². The molecule has 0 unspecified atom stereocenters. The van der Waals surface area contributed by atoms with Gasteiger partial charge in [0.2, 0.25) is 0 Å². The van der Waals surface area contributed by atoms with Gasteiger partial charge in [0.15, 0.2) is 0 Å². The first-order chi connectivity index (χ1) is 8.63. The Kier molecular flexibility index (Phi) is 3.87. The molecule has 0 spiro atoms. The molecule has 0 atom stereocenters. The Bertz CT molecular complexity index is 511. The minimum Gasteiger partial charge on any atom is -0.435 e. The molecule has 1 aromatic heterocycles. The zero-order valence-electron chi connectivity index (χ0n) is 9.94. The van der Waals surface area contributed by atoms with Crippen molar-refractivity contribution in [3.63, 3.8) is 0 Å². The molecule has 0 radical (unpaired) electrons. The van der Waals surface area contributed by atoms with Crippen molar-refractivity contribution in [2.75, 3.05) is 0 Å². The zero-order chi connectivity index (χ0) is 13.0. The maximum atomic E-state index is 12.0. The van der Waals surface area contributed by atoms with Crippen LogP contribution in [0.4, 0.5) is 8.78 Å². The van der Waals surface area contributed by atoms with E-state index in [9.17, 15) is 8.78 Å². The number of aromatic nitrogens is 1. The lowest BCUT2D eigenvalue weighted by atomic mass is 10.1. The Balaban J connectivity index is 2.06. The van der Waals surface area contributed by atoms with E-state index in [-0.39, 0.29) is 5.75 Å². The van der Waals surface area contributed by atoms with Crippen molar-refractivity contribution in [2.45, 2.75) is 20.0 Å². The molecule has 0 fully saturated rings. The molecule has 0 aliphatic carbocycles. The fourth-order valence-electron chi connectivity index (χ4n) is 1.70. The van der Waals surface area contributed by atoms with Crippen LogP contribution in [-0.4, -0.2) is 11.6 Å². The van der Waals surface area contributed by atoms with Gasteiger partial charge in [-0.1, -0.05) is 18.2 Å². The number of pyridine rings is 1. The number of hydrogen-bond acceptors (Lipinski definition) is 2. The molecular weight excluding hydrogens is 236 g/mol. The highest BCUT2D eigenvalue weighted by Gasteiger charge is 2.04. The number of nitrogens with zero attached hydrogens (tertiary/aromatic N) is 1. The van der Waals surface area contributed by atoms with Crippen molar-refractivity contribution < 1.29 is 13.5 Å². The molecule has 4 heteroatoms. The summed E-state index contributed by atoms with van der Waals surface area (Å²) in [5.74, 6) is 0.172. The van der Waals surface area contributed by atoms with E-state index in [1.807, 2.05) is 25.1 Å². The summed E-state index contributed by atoms with van der Waals surface area (Å²) in [6.45, 7) is -0.849. The Hall–Kier alpha value is -1.97. The second-order valence-corrected chi connectivity index (χ2v) is 3.97. The third-order valence-electron chi connectivity index (χ3n) is 2.48. The van der Waals surface area contributed by atoms with E-state index < -0.39 is 6.61 Å². The van der Waals surface area contributed by atoms with Crippen LogP contribution in [0.3, 0.4) is 0 Å². The van der Waals surface area contributed by atoms with E-state index >= 15 is 0 Å². The number of hydrogen-bond donors (Lipinski definition) is 0. The van der Waals surface area contributed by atoms with Crippen molar-refractivity contribution in [3.8, 4) is 5.75 Å². The summed E-state index contributed by atoms with van der Waals surface area (Å²) < 4.78 is 28.2. The Labute approximate surface area is 104 Å². The molecule has 1 heterocycles. The normalized spacial score (nSPS) is 10.7. The van der Waals surface area contributed by atoms with Crippen LogP contribution in [0, 0.1) is 6.92 Å². The predicted molar refractivity (Wildman–Crippen MR) is 64.9 cm³/mol. The fourth-order valence-corrected chi connectivity index (χ4v) is 1.70. The molecule has 2 rings (SSSR count). The van der Waals surface area contributed by atoms with Crippen molar-refractivity contribution in [1.29, 1.82) is 0 Å². The highest BCUT2D eigenvalue weighted by molar-refractivity contribution is 5.30. The van der Waals surface area contributed by atoms with E-state index in [0.717, 1.165) is 17.0 Å². The lowest BCUT2D eigenvalue weighted by molar-refractivity contribution is -0.0498. The molecule has 18 heavy (non-hydrogen) atoms. The van der Waals surface area contributed by atoms with Crippen molar-refractivity contribution in [3.05, 3.63) is 59.4 Å². The third kappa shape index (κ3) is 3.52. The van der Waals surface area contributed by atoms with E-state index in [1.165, 1.54) is 12.1 Å². The van der Waals surface area contributed by atoms with E-state index in [2.05, 4.69) is 9.72 Å². The molecule has 0 N–H and O–H groups in total. The summed E-state index contributed by atoms with van der Waals surface area (Å²) in [7, 11) is 0. The minimum absolute atomic E-state index is 0.172. The third-order valence-corrected chi connectivity index (χ3v) is 2.48. The number of benzene rings is 1. The molecule has 0 aliphatic heterocycles. The van der Waals surface area contributed by atoms with Crippen LogP contribution >= 0.6 is 0 Å². The van der Waals surface area contributed by atoms with E-state index in [0.29, 0.717) is 6.42 Å². The van der Waals surface area contributed by atoms with Gasteiger partial charge in [-0.25, -0.2) is 0 Å². The predicted octanol–water partition coefficient (Wildman–Crippen LogP) is 3.58. The maximum Gasteiger partial charge on any atom is 0.387 e.